The highest BCUT2D eigenvalue weighted by Gasteiger charge is 2.32. The molecule has 0 saturated heterocycles. The summed E-state index contributed by atoms with van der Waals surface area (Å²) in [5.74, 6) is 2.41. The molecule has 0 spiro atoms. The third-order valence-electron chi connectivity index (χ3n) is 12.6. The maximum atomic E-state index is 6.66. The van der Waals surface area contributed by atoms with Crippen LogP contribution in [0.3, 0.4) is 0 Å². The van der Waals surface area contributed by atoms with Crippen molar-refractivity contribution in [3.05, 3.63) is 216 Å². The molecule has 2 atom stereocenters. The fourth-order valence-corrected chi connectivity index (χ4v) is 9.71. The highest BCUT2D eigenvalue weighted by molar-refractivity contribution is 6.13. The Labute approximate surface area is 354 Å². The highest BCUT2D eigenvalue weighted by atomic mass is 16.3. The summed E-state index contributed by atoms with van der Waals surface area (Å²) in [6.45, 7) is 0. The van der Waals surface area contributed by atoms with Crippen LogP contribution in [0.1, 0.15) is 40.4 Å². The molecule has 0 N–H and O–H groups in total. The molecule has 0 amide bonds. The molecule has 2 aromatic heterocycles. The number of hydrogen-bond donors (Lipinski definition) is 0. The molecule has 0 radical (unpaired) electrons. The van der Waals surface area contributed by atoms with Crippen molar-refractivity contribution in [2.75, 3.05) is 0 Å². The first-order chi connectivity index (χ1) is 30.2. The number of furan rings is 1. The number of benzene rings is 7. The zero-order valence-corrected chi connectivity index (χ0v) is 33.4. The number of fused-ring (bicyclic) bond motifs is 7. The van der Waals surface area contributed by atoms with E-state index in [1.165, 1.54) is 38.9 Å². The molecule has 3 aliphatic carbocycles. The Morgan fingerprint density at radius 2 is 1.18 bits per heavy atom. The van der Waals surface area contributed by atoms with Gasteiger partial charge in [-0.05, 0) is 105 Å². The first-order valence-electron chi connectivity index (χ1n) is 21.2. The van der Waals surface area contributed by atoms with Crippen LogP contribution >= 0.6 is 0 Å². The summed E-state index contributed by atoms with van der Waals surface area (Å²) >= 11 is 0. The van der Waals surface area contributed by atoms with E-state index in [2.05, 4.69) is 182 Å². The van der Waals surface area contributed by atoms with Gasteiger partial charge >= 0.3 is 0 Å². The second-order valence-corrected chi connectivity index (χ2v) is 16.2. The predicted molar refractivity (Wildman–Crippen MR) is 250 cm³/mol. The van der Waals surface area contributed by atoms with Gasteiger partial charge in [-0.2, -0.15) is 0 Å². The smallest absolute Gasteiger partial charge is 0.164 e. The number of aromatic nitrogens is 3. The number of nitrogens with zero attached hydrogens (tertiary/aromatic N) is 3. The van der Waals surface area contributed by atoms with Gasteiger partial charge in [0.15, 0.2) is 17.5 Å². The molecular formula is C57H39N3O. The van der Waals surface area contributed by atoms with Gasteiger partial charge in [0, 0.05) is 39.3 Å². The van der Waals surface area contributed by atoms with Gasteiger partial charge in [0.2, 0.25) is 0 Å². The first-order valence-corrected chi connectivity index (χ1v) is 21.2. The summed E-state index contributed by atoms with van der Waals surface area (Å²) in [5.41, 5.74) is 16.9. The van der Waals surface area contributed by atoms with Crippen molar-refractivity contribution in [3.63, 3.8) is 0 Å². The summed E-state index contributed by atoms with van der Waals surface area (Å²) in [7, 11) is 0. The van der Waals surface area contributed by atoms with Crippen molar-refractivity contribution in [2.45, 2.75) is 18.8 Å². The second kappa shape index (κ2) is 14.5. The molecule has 4 nitrogen and oxygen atoms in total. The van der Waals surface area contributed by atoms with E-state index in [1.54, 1.807) is 0 Å². The van der Waals surface area contributed by atoms with Gasteiger partial charge in [-0.3, -0.25) is 0 Å². The molecule has 12 rings (SSSR count). The van der Waals surface area contributed by atoms with Crippen LogP contribution in [-0.2, 0) is 6.42 Å². The van der Waals surface area contributed by atoms with E-state index in [0.717, 1.165) is 68.2 Å². The van der Waals surface area contributed by atoms with Crippen molar-refractivity contribution in [1.82, 2.24) is 15.0 Å². The van der Waals surface area contributed by atoms with Crippen LogP contribution in [0.15, 0.2) is 193 Å². The van der Waals surface area contributed by atoms with E-state index in [0.29, 0.717) is 17.5 Å². The van der Waals surface area contributed by atoms with Gasteiger partial charge in [0.05, 0.1) is 0 Å². The molecule has 3 aliphatic rings. The number of allylic oxidation sites excluding steroid dienone is 6. The minimum Gasteiger partial charge on any atom is -0.456 e. The number of rotatable bonds is 6. The molecule has 2 heterocycles. The summed E-state index contributed by atoms with van der Waals surface area (Å²) < 4.78 is 6.66. The fourth-order valence-electron chi connectivity index (χ4n) is 9.71. The molecule has 7 aromatic carbocycles. The minimum absolute atomic E-state index is 0.121. The normalized spacial score (nSPS) is 16.3. The standard InChI is InChI=1S/C57H39N3O/c1-3-15-36(16-4-1)38-20-13-21-39(33-38)40-29-30-50-53(35-40)61-52-28-14-27-48(54(50)52)47-31-32-49(45-25-11-10-24-44(45)47)56-58-55(37-17-5-2-6-18-37)59-57(60-56)51-34-41-19-7-8-22-42(41)43-23-9-12-26-46(43)51/h1-9,11-23,25-35,43,46H,10,24H2. The van der Waals surface area contributed by atoms with E-state index in [1.807, 2.05) is 18.2 Å². The molecule has 0 aliphatic heterocycles. The monoisotopic (exact) mass is 781 g/mol. The quantitative estimate of drug-likeness (QED) is 0.169. The van der Waals surface area contributed by atoms with E-state index >= 15 is 0 Å². The summed E-state index contributed by atoms with van der Waals surface area (Å²) in [5, 5.41) is 2.24. The van der Waals surface area contributed by atoms with Gasteiger partial charge in [0.25, 0.3) is 0 Å². The maximum Gasteiger partial charge on any atom is 0.164 e. The molecule has 4 heteroatoms. The van der Waals surface area contributed by atoms with Crippen molar-refractivity contribution in [1.29, 1.82) is 0 Å². The van der Waals surface area contributed by atoms with E-state index in [9.17, 15) is 0 Å². The summed E-state index contributed by atoms with van der Waals surface area (Å²) in [6, 6.07) is 55.8. The Morgan fingerprint density at radius 1 is 0.492 bits per heavy atom. The first kappa shape index (κ1) is 35.3. The predicted octanol–water partition coefficient (Wildman–Crippen LogP) is 14.4. The average Bonchev–Trinajstić information content (AvgIpc) is 3.72. The van der Waals surface area contributed by atoms with Gasteiger partial charge < -0.3 is 4.42 Å². The van der Waals surface area contributed by atoms with Crippen LogP contribution in [-0.4, -0.2) is 15.0 Å². The lowest BCUT2D eigenvalue weighted by molar-refractivity contribution is 0.669. The van der Waals surface area contributed by atoms with Crippen LogP contribution in [0.25, 0.3) is 95.8 Å². The van der Waals surface area contributed by atoms with Gasteiger partial charge in [0.1, 0.15) is 11.2 Å². The molecule has 0 fully saturated rings. The molecule has 0 saturated carbocycles. The fraction of sp³-hybridized carbons (Fsp3) is 0.0702. The van der Waals surface area contributed by atoms with Crippen molar-refractivity contribution in [2.24, 2.45) is 5.92 Å². The van der Waals surface area contributed by atoms with E-state index < -0.39 is 0 Å². The van der Waals surface area contributed by atoms with Crippen molar-refractivity contribution in [3.8, 4) is 56.2 Å². The van der Waals surface area contributed by atoms with Crippen LogP contribution in [0.2, 0.25) is 0 Å². The minimum atomic E-state index is 0.121. The molecule has 0 bridgehead atoms. The van der Waals surface area contributed by atoms with Crippen LogP contribution in [0.5, 0.6) is 0 Å². The lowest BCUT2D eigenvalue weighted by Crippen LogP contribution is -2.19. The molecule has 2 unspecified atom stereocenters. The highest BCUT2D eigenvalue weighted by Crippen LogP contribution is 2.47. The van der Waals surface area contributed by atoms with E-state index in [-0.39, 0.29) is 11.8 Å². The molecule has 9 aromatic rings. The maximum absolute atomic E-state index is 6.66. The van der Waals surface area contributed by atoms with Crippen molar-refractivity contribution >= 4 is 39.7 Å². The van der Waals surface area contributed by atoms with Crippen LogP contribution in [0, 0.1) is 5.92 Å². The van der Waals surface area contributed by atoms with Crippen molar-refractivity contribution < 1.29 is 4.42 Å². The number of hydrogen-bond acceptors (Lipinski definition) is 4. The van der Waals surface area contributed by atoms with Crippen LogP contribution in [0.4, 0.5) is 0 Å². The summed E-state index contributed by atoms with van der Waals surface area (Å²) in [4.78, 5) is 15.8. The largest absolute Gasteiger partial charge is 0.456 e. The van der Waals surface area contributed by atoms with Gasteiger partial charge in [-0.25, -0.2) is 15.0 Å². The van der Waals surface area contributed by atoms with Gasteiger partial charge in [-0.1, -0.05) is 164 Å². The van der Waals surface area contributed by atoms with Gasteiger partial charge in [-0.15, -0.1) is 0 Å². The Kier molecular flexibility index (Phi) is 8.41. The van der Waals surface area contributed by atoms with Crippen LogP contribution < -0.4 is 0 Å². The SMILES string of the molecule is C1=CC2C(c3nc(-c4ccccc4)nc(-c4ccc(-c5cccc6oc7cc(-c8cccc(-c9ccccc9)c8)ccc7c56)c5c4C=CCC5)n3)=Cc3ccccc3C2C=C1. The zero-order chi connectivity index (χ0) is 40.3. The Hall–Kier alpha value is -7.69. The second-order valence-electron chi connectivity index (χ2n) is 16.2. The Morgan fingerprint density at radius 3 is 2.05 bits per heavy atom. The third kappa shape index (κ3) is 6.10. The lowest BCUT2D eigenvalue weighted by Gasteiger charge is -2.32. The zero-order valence-electron chi connectivity index (χ0n) is 33.4. The Bertz CT molecular complexity index is 3310. The molecular weight excluding hydrogens is 743 g/mol. The Balaban J connectivity index is 0.989. The third-order valence-corrected chi connectivity index (χ3v) is 12.6. The average molecular weight is 782 g/mol. The topological polar surface area (TPSA) is 51.8 Å². The van der Waals surface area contributed by atoms with E-state index in [4.69, 9.17) is 19.4 Å². The molecule has 61 heavy (non-hydrogen) atoms. The molecule has 288 valence electrons. The summed E-state index contributed by atoms with van der Waals surface area (Å²) in [6.07, 6.45) is 17.6. The lowest BCUT2D eigenvalue weighted by atomic mass is 9.72.